The first kappa shape index (κ1) is 12.9. The fourth-order valence-corrected chi connectivity index (χ4v) is 3.38. The Morgan fingerprint density at radius 2 is 1.81 bits per heavy atom. The molecule has 0 unspecified atom stereocenters. The van der Waals surface area contributed by atoms with Crippen LogP contribution >= 0.6 is 0 Å². The van der Waals surface area contributed by atoms with Gasteiger partial charge in [-0.1, -0.05) is 18.2 Å². The van der Waals surface area contributed by atoms with Crippen molar-refractivity contribution in [3.63, 3.8) is 0 Å². The fraction of sp³-hybridized carbons (Fsp3) is 0.500. The number of benzene rings is 1. The Kier molecular flexibility index (Phi) is 3.21. The zero-order valence-electron chi connectivity index (χ0n) is 12.6. The number of anilines is 1. The van der Waals surface area contributed by atoms with Gasteiger partial charge >= 0.3 is 0 Å². The highest BCUT2D eigenvalue weighted by Gasteiger charge is 2.41. The average molecular weight is 281 g/mol. The maximum atomic E-state index is 4.67. The topological polar surface area (TPSA) is 29.9 Å². The second kappa shape index (κ2) is 5.21. The molecule has 0 saturated heterocycles. The number of nitrogens with zero attached hydrogens (tertiary/aromatic N) is 2. The Morgan fingerprint density at radius 3 is 2.43 bits per heavy atom. The number of nitrogens with one attached hydrogen (secondary N) is 1. The van der Waals surface area contributed by atoms with E-state index >= 15 is 0 Å². The van der Waals surface area contributed by atoms with Crippen LogP contribution in [-0.2, 0) is 0 Å². The molecule has 0 spiro atoms. The smallest absolute Gasteiger partial charge is 0.207 e. The second-order valence-electron chi connectivity index (χ2n) is 6.63. The van der Waals surface area contributed by atoms with Crippen molar-refractivity contribution in [1.82, 2.24) is 9.55 Å². The summed E-state index contributed by atoms with van der Waals surface area (Å²) >= 11 is 0. The molecular formula is C18H23N3. The van der Waals surface area contributed by atoms with Crippen LogP contribution in [0.1, 0.15) is 31.4 Å². The van der Waals surface area contributed by atoms with Crippen molar-refractivity contribution >= 4 is 5.95 Å². The number of aromatic nitrogens is 2. The maximum absolute atomic E-state index is 4.67. The lowest BCUT2D eigenvalue weighted by Gasteiger charge is -2.17. The predicted molar refractivity (Wildman–Crippen MR) is 85.7 cm³/mol. The van der Waals surface area contributed by atoms with Crippen LogP contribution < -0.4 is 5.32 Å². The fourth-order valence-electron chi connectivity index (χ4n) is 3.38. The third kappa shape index (κ3) is 2.82. The molecule has 0 bridgehead atoms. The van der Waals surface area contributed by atoms with E-state index in [-0.39, 0.29) is 0 Å². The molecule has 2 aliphatic carbocycles. The highest BCUT2D eigenvalue weighted by atomic mass is 15.2. The van der Waals surface area contributed by atoms with Crippen LogP contribution in [0.5, 0.6) is 0 Å². The van der Waals surface area contributed by atoms with Gasteiger partial charge < -0.3 is 5.32 Å². The van der Waals surface area contributed by atoms with Crippen LogP contribution in [-0.4, -0.2) is 16.1 Å². The first-order valence-electron chi connectivity index (χ1n) is 8.16. The van der Waals surface area contributed by atoms with E-state index in [9.17, 15) is 0 Å². The van der Waals surface area contributed by atoms with Crippen molar-refractivity contribution in [2.45, 2.75) is 32.6 Å². The summed E-state index contributed by atoms with van der Waals surface area (Å²) in [4.78, 5) is 4.67. The Hall–Kier alpha value is -1.77. The summed E-state index contributed by atoms with van der Waals surface area (Å²) in [6.45, 7) is 3.14. The largest absolute Gasteiger partial charge is 0.355 e. The van der Waals surface area contributed by atoms with E-state index in [1.165, 1.54) is 31.4 Å². The van der Waals surface area contributed by atoms with Crippen molar-refractivity contribution in [1.29, 1.82) is 0 Å². The monoisotopic (exact) mass is 281 g/mol. The third-order valence-electron chi connectivity index (χ3n) is 4.81. The summed E-state index contributed by atoms with van der Waals surface area (Å²) in [5.41, 5.74) is 2.24. The van der Waals surface area contributed by atoms with Crippen molar-refractivity contribution in [2.24, 2.45) is 17.8 Å². The quantitative estimate of drug-likeness (QED) is 0.866. The van der Waals surface area contributed by atoms with Gasteiger partial charge in [0.15, 0.2) is 0 Å². The van der Waals surface area contributed by atoms with Gasteiger partial charge in [-0.3, -0.25) is 4.57 Å². The minimum atomic E-state index is 0.867. The van der Waals surface area contributed by atoms with Crippen LogP contribution in [0.3, 0.4) is 0 Å². The van der Waals surface area contributed by atoms with Gasteiger partial charge in [-0.05, 0) is 62.5 Å². The Balaban J connectivity index is 1.52. The molecular weight excluding hydrogens is 258 g/mol. The molecule has 1 aromatic heterocycles. The lowest BCUT2D eigenvalue weighted by Crippen LogP contribution is -2.20. The predicted octanol–water partition coefficient (Wildman–Crippen LogP) is 4.03. The number of rotatable bonds is 6. The number of hydrogen-bond acceptors (Lipinski definition) is 2. The Bertz CT molecular complexity index is 597. The zero-order valence-corrected chi connectivity index (χ0v) is 12.6. The van der Waals surface area contributed by atoms with Gasteiger partial charge in [0.2, 0.25) is 5.95 Å². The second-order valence-corrected chi connectivity index (χ2v) is 6.63. The molecule has 2 aromatic rings. The molecule has 0 radical (unpaired) electrons. The van der Waals surface area contributed by atoms with Gasteiger partial charge in [-0.25, -0.2) is 4.98 Å². The summed E-state index contributed by atoms with van der Waals surface area (Å²) in [6.07, 6.45) is 7.87. The van der Waals surface area contributed by atoms with Crippen molar-refractivity contribution < 1.29 is 0 Å². The highest BCUT2D eigenvalue weighted by Crippen LogP contribution is 2.49. The standard InChI is InChI=1S/C18H23N3/c1-13-12-21(16-5-3-2-4-6-16)18(20-13)19-11-17(14-7-8-14)15-9-10-15/h2-6,12,14-15,17H,7-11H2,1H3,(H,19,20). The molecule has 2 fully saturated rings. The van der Waals surface area contributed by atoms with Gasteiger partial charge in [-0.2, -0.15) is 0 Å². The minimum Gasteiger partial charge on any atom is -0.355 e. The molecule has 3 heteroatoms. The number of hydrogen-bond donors (Lipinski definition) is 1. The Morgan fingerprint density at radius 1 is 1.14 bits per heavy atom. The van der Waals surface area contributed by atoms with E-state index < -0.39 is 0 Å². The van der Waals surface area contributed by atoms with Crippen LogP contribution in [0.25, 0.3) is 5.69 Å². The molecule has 1 heterocycles. The van der Waals surface area contributed by atoms with Crippen molar-refractivity contribution in [2.75, 3.05) is 11.9 Å². The number of para-hydroxylation sites is 1. The normalized spacial score (nSPS) is 18.2. The molecule has 0 amide bonds. The Labute approximate surface area is 126 Å². The van der Waals surface area contributed by atoms with E-state index in [1.54, 1.807) is 0 Å². The molecule has 4 rings (SSSR count). The van der Waals surface area contributed by atoms with Crippen LogP contribution in [0, 0.1) is 24.7 Å². The van der Waals surface area contributed by atoms with Gasteiger partial charge in [0.05, 0.1) is 5.69 Å². The summed E-state index contributed by atoms with van der Waals surface area (Å²) in [5, 5.41) is 3.63. The van der Waals surface area contributed by atoms with Crippen LogP contribution in [0.4, 0.5) is 5.95 Å². The summed E-state index contributed by atoms with van der Waals surface area (Å²) < 4.78 is 2.17. The van der Waals surface area contributed by atoms with Crippen LogP contribution in [0.15, 0.2) is 36.5 Å². The lowest BCUT2D eigenvalue weighted by atomic mass is 9.98. The molecule has 2 aliphatic rings. The van der Waals surface area contributed by atoms with Gasteiger partial charge in [-0.15, -0.1) is 0 Å². The number of aryl methyl sites for hydroxylation is 1. The van der Waals surface area contributed by atoms with Gasteiger partial charge in [0, 0.05) is 18.4 Å². The van der Waals surface area contributed by atoms with E-state index in [0.717, 1.165) is 35.9 Å². The van der Waals surface area contributed by atoms with E-state index in [2.05, 4.69) is 58.3 Å². The molecule has 110 valence electrons. The maximum Gasteiger partial charge on any atom is 0.207 e. The van der Waals surface area contributed by atoms with Gasteiger partial charge in [0.1, 0.15) is 0 Å². The lowest BCUT2D eigenvalue weighted by molar-refractivity contribution is 0.427. The van der Waals surface area contributed by atoms with Gasteiger partial charge in [0.25, 0.3) is 0 Å². The summed E-state index contributed by atoms with van der Waals surface area (Å²) in [7, 11) is 0. The minimum absolute atomic E-state index is 0.867. The number of imidazole rings is 1. The zero-order chi connectivity index (χ0) is 14.2. The molecule has 0 aliphatic heterocycles. The highest BCUT2D eigenvalue weighted by molar-refractivity contribution is 5.43. The van der Waals surface area contributed by atoms with E-state index in [0.29, 0.717) is 0 Å². The summed E-state index contributed by atoms with van der Waals surface area (Å²) in [6, 6.07) is 10.5. The molecule has 3 nitrogen and oxygen atoms in total. The molecule has 21 heavy (non-hydrogen) atoms. The SMILES string of the molecule is Cc1cn(-c2ccccc2)c(NCC(C2CC2)C2CC2)n1. The van der Waals surface area contributed by atoms with Crippen LogP contribution in [0.2, 0.25) is 0 Å². The average Bonchev–Trinajstić information content (AvgIpc) is 3.40. The van der Waals surface area contributed by atoms with Crippen molar-refractivity contribution in [3.8, 4) is 5.69 Å². The first-order valence-corrected chi connectivity index (χ1v) is 8.16. The third-order valence-corrected chi connectivity index (χ3v) is 4.81. The molecule has 1 N–H and O–H groups in total. The molecule has 0 atom stereocenters. The summed E-state index contributed by atoms with van der Waals surface area (Å²) in [5.74, 6) is 3.81. The first-order chi connectivity index (χ1) is 10.3. The van der Waals surface area contributed by atoms with Crippen molar-refractivity contribution in [3.05, 3.63) is 42.2 Å². The van der Waals surface area contributed by atoms with E-state index in [1.807, 2.05) is 0 Å². The molecule has 1 aromatic carbocycles. The van der Waals surface area contributed by atoms with E-state index in [4.69, 9.17) is 0 Å². The molecule has 2 saturated carbocycles.